The third-order valence-electron chi connectivity index (χ3n) is 9.83. The van der Waals surface area contributed by atoms with E-state index in [1.807, 2.05) is 0 Å². The van der Waals surface area contributed by atoms with Crippen LogP contribution in [0.5, 0.6) is 0 Å². The fourth-order valence-electron chi connectivity index (χ4n) is 8.17. The van der Waals surface area contributed by atoms with Gasteiger partial charge in [-0.2, -0.15) is 0 Å². The normalized spacial score (nSPS) is 18.8. The molecular weight excluding hydrogens is 734 g/mol. The first-order chi connectivity index (χ1) is 19.8. The Morgan fingerprint density at radius 3 is 1.24 bits per heavy atom. The Labute approximate surface area is 261 Å². The van der Waals surface area contributed by atoms with E-state index in [0.29, 0.717) is 0 Å². The summed E-state index contributed by atoms with van der Waals surface area (Å²) in [4.78, 5) is 0. The standard InChI is InChI=1S/2C18H17.C2H7Si.2ClH.Hf/c2*1-12-7-13(2)10-16(9-12)17-6-4-5-15-8-14(3)11-18(15)17;1-3-2;;;/h2*4-11H,1-3H3;3H,1-2H3;2*1H;/q;;;;;+2/p-2. The van der Waals surface area contributed by atoms with E-state index in [2.05, 4.69) is 140 Å². The molecule has 2 unspecified atom stereocenters. The van der Waals surface area contributed by atoms with Crippen LogP contribution >= 0.6 is 17.2 Å². The maximum absolute atomic E-state index is 8.45. The Hall–Kier alpha value is -1.97. The number of hydrogen-bond acceptors (Lipinski definition) is 0. The van der Waals surface area contributed by atoms with E-state index in [1.165, 1.54) is 77.9 Å². The van der Waals surface area contributed by atoms with Gasteiger partial charge in [-0.3, -0.25) is 0 Å². The Morgan fingerprint density at radius 2 is 0.905 bits per heavy atom. The molecule has 0 nitrogen and oxygen atoms in total. The zero-order valence-electron chi connectivity index (χ0n) is 26.1. The minimum atomic E-state index is -4.84. The monoisotopic (exact) mass is 775 g/mol. The van der Waals surface area contributed by atoms with Crippen LogP contribution in [0.2, 0.25) is 13.1 Å². The quantitative estimate of drug-likeness (QED) is 0.177. The van der Waals surface area contributed by atoms with Gasteiger partial charge in [-0.05, 0) is 0 Å². The van der Waals surface area contributed by atoms with E-state index >= 15 is 0 Å². The van der Waals surface area contributed by atoms with Gasteiger partial charge in [0.15, 0.2) is 0 Å². The van der Waals surface area contributed by atoms with Gasteiger partial charge >= 0.3 is 263 Å². The zero-order chi connectivity index (χ0) is 30.2. The molecule has 0 saturated heterocycles. The van der Waals surface area contributed by atoms with Gasteiger partial charge in [0.05, 0.1) is 0 Å². The van der Waals surface area contributed by atoms with Crippen LogP contribution in [-0.2, 0) is 15.3 Å². The van der Waals surface area contributed by atoms with Crippen LogP contribution in [0, 0.1) is 27.7 Å². The van der Waals surface area contributed by atoms with Crippen LogP contribution in [0.25, 0.3) is 34.4 Å². The van der Waals surface area contributed by atoms with E-state index in [-0.39, 0.29) is 7.35 Å². The van der Waals surface area contributed by atoms with E-state index in [4.69, 9.17) is 17.2 Å². The molecule has 0 spiro atoms. The van der Waals surface area contributed by atoms with Crippen molar-refractivity contribution in [1.29, 1.82) is 0 Å². The maximum atomic E-state index is 8.45. The van der Waals surface area contributed by atoms with Gasteiger partial charge in [-0.25, -0.2) is 0 Å². The van der Waals surface area contributed by atoms with Crippen LogP contribution < -0.4 is 0 Å². The molecule has 0 aliphatic heterocycles. The van der Waals surface area contributed by atoms with Gasteiger partial charge in [0.1, 0.15) is 0 Å². The average molecular weight is 775 g/mol. The Bertz CT molecular complexity index is 1660. The molecule has 6 rings (SSSR count). The van der Waals surface area contributed by atoms with Crippen molar-refractivity contribution in [2.45, 2.75) is 62.0 Å². The number of fused-ring (bicyclic) bond motifs is 2. The number of hydrogen-bond donors (Lipinski definition) is 0. The molecule has 0 fully saturated rings. The second-order valence-electron chi connectivity index (χ2n) is 13.4. The van der Waals surface area contributed by atoms with Gasteiger partial charge in [-0.1, -0.05) is 0 Å². The first-order valence-electron chi connectivity index (χ1n) is 15.2. The van der Waals surface area contributed by atoms with Crippen LogP contribution in [0.1, 0.15) is 65.7 Å². The molecule has 2 aliphatic carbocycles. The van der Waals surface area contributed by atoms with E-state index in [0.717, 1.165) is 0 Å². The summed E-state index contributed by atoms with van der Waals surface area (Å²) >= 11 is -4.84. The molecule has 215 valence electrons. The van der Waals surface area contributed by atoms with Crippen molar-refractivity contribution in [1.82, 2.24) is 0 Å². The van der Waals surface area contributed by atoms with Crippen molar-refractivity contribution in [3.05, 3.63) is 128 Å². The molecule has 2 aliphatic rings. The molecule has 4 heteroatoms. The topological polar surface area (TPSA) is 0 Å². The summed E-state index contributed by atoms with van der Waals surface area (Å²) in [5.74, 6) is -1.56. The molecule has 0 aromatic heterocycles. The fourth-order valence-corrected chi connectivity index (χ4v) is 54.7. The van der Waals surface area contributed by atoms with Gasteiger partial charge in [0.25, 0.3) is 0 Å². The van der Waals surface area contributed by atoms with E-state index in [1.54, 1.807) is 0 Å². The molecule has 4 aromatic rings. The van der Waals surface area contributed by atoms with Crippen molar-refractivity contribution in [3.8, 4) is 22.3 Å². The third kappa shape index (κ3) is 4.64. The molecule has 0 heterocycles. The van der Waals surface area contributed by atoms with Crippen molar-refractivity contribution in [3.63, 3.8) is 0 Å². The molecule has 2 atom stereocenters. The predicted molar refractivity (Wildman–Crippen MR) is 186 cm³/mol. The van der Waals surface area contributed by atoms with Gasteiger partial charge in [0.2, 0.25) is 0 Å². The third-order valence-corrected chi connectivity index (χ3v) is 83.3. The molecule has 0 N–H and O–H groups in total. The first kappa shape index (κ1) is 30.1. The van der Waals surface area contributed by atoms with Crippen molar-refractivity contribution in [2.24, 2.45) is 0 Å². The summed E-state index contributed by atoms with van der Waals surface area (Å²) in [6.45, 7) is 18.1. The second kappa shape index (κ2) is 10.6. The molecule has 0 saturated carbocycles. The number of halogens is 2. The molecule has 0 amide bonds. The second-order valence-corrected chi connectivity index (χ2v) is 72.7. The van der Waals surface area contributed by atoms with Gasteiger partial charge in [-0.15, -0.1) is 0 Å². The summed E-state index contributed by atoms with van der Waals surface area (Å²) in [6, 6.07) is 27.3. The number of allylic oxidation sites excluding steroid dienone is 2. The summed E-state index contributed by atoms with van der Waals surface area (Å²) in [5, 5.41) is 0. The summed E-state index contributed by atoms with van der Waals surface area (Å²) in [7, 11) is 16.9. The van der Waals surface area contributed by atoms with Crippen LogP contribution in [0.4, 0.5) is 0 Å². The number of benzene rings is 4. The Kier molecular flexibility index (Phi) is 7.58. The minimum absolute atomic E-state index is 0.113. The molecular formula is C38H41Cl2HfSi. The number of aryl methyl sites for hydroxylation is 4. The molecule has 0 radical (unpaired) electrons. The van der Waals surface area contributed by atoms with Gasteiger partial charge in [0, 0.05) is 0 Å². The van der Waals surface area contributed by atoms with Crippen molar-refractivity contribution < 1.29 is 15.3 Å². The predicted octanol–water partition coefficient (Wildman–Crippen LogP) is 11.9. The Balaban J connectivity index is 1.55. The van der Waals surface area contributed by atoms with Crippen molar-refractivity contribution in [2.75, 3.05) is 0 Å². The van der Waals surface area contributed by atoms with Crippen LogP contribution in [0.3, 0.4) is 0 Å². The van der Waals surface area contributed by atoms with Crippen LogP contribution in [0.15, 0.2) is 83.9 Å². The fraction of sp³-hybridized carbons (Fsp3) is 0.263. The molecule has 4 aromatic carbocycles. The summed E-state index contributed by atoms with van der Waals surface area (Å²) in [5.41, 5.74) is 18.3. The number of rotatable bonds is 5. The first-order valence-corrected chi connectivity index (χ1v) is 37.3. The van der Waals surface area contributed by atoms with Crippen molar-refractivity contribution >= 4 is 35.3 Å². The summed E-state index contributed by atoms with van der Waals surface area (Å²) < 4.78 is 0.226. The SMILES string of the molecule is CC1=Cc2c(-c3cc(C)cc(C)c3)cccc2[CH]1[Hf]([Cl])([Cl])([CH]1C(C)=Cc2c(-c3cc(C)cc(C)c3)cccc21)[SiH](C)C. The zero-order valence-corrected chi connectivity index (χ0v) is 32.3. The van der Waals surface area contributed by atoms with Gasteiger partial charge < -0.3 is 0 Å². The Morgan fingerprint density at radius 1 is 0.548 bits per heavy atom. The molecule has 42 heavy (non-hydrogen) atoms. The van der Waals surface area contributed by atoms with E-state index in [9.17, 15) is 0 Å². The van der Waals surface area contributed by atoms with Crippen LogP contribution in [-0.4, -0.2) is 5.98 Å². The average Bonchev–Trinajstić information content (AvgIpc) is 3.43. The summed E-state index contributed by atoms with van der Waals surface area (Å²) in [6.07, 6.45) is 4.82. The molecule has 0 bridgehead atoms. The van der Waals surface area contributed by atoms with E-state index < -0.39 is 21.3 Å².